The molecular formula is C14H19IN2O2S. The number of nitrogens with zero attached hydrogens (tertiary/aromatic N) is 1. The number of benzene rings is 1. The van der Waals surface area contributed by atoms with Crippen LogP contribution >= 0.6 is 34.4 Å². The molecule has 2 N–H and O–H groups in total. The van der Waals surface area contributed by atoms with Crippen LogP contribution in [0.3, 0.4) is 0 Å². The van der Waals surface area contributed by atoms with Crippen molar-refractivity contribution >= 4 is 40.3 Å². The Labute approximate surface area is 137 Å². The van der Waals surface area contributed by atoms with Gasteiger partial charge in [0.15, 0.2) is 0 Å². The lowest BCUT2D eigenvalue weighted by molar-refractivity contribution is -0.122. The lowest BCUT2D eigenvalue weighted by atomic mass is 10.2. The number of rotatable bonds is 6. The van der Waals surface area contributed by atoms with Crippen molar-refractivity contribution in [1.82, 2.24) is 4.90 Å². The highest BCUT2D eigenvalue weighted by Crippen LogP contribution is 2.17. The van der Waals surface area contributed by atoms with Gasteiger partial charge in [-0.05, 0) is 47.2 Å². The van der Waals surface area contributed by atoms with Gasteiger partial charge in [-0.15, -0.1) is 0 Å². The van der Waals surface area contributed by atoms with E-state index in [0.29, 0.717) is 6.61 Å². The van der Waals surface area contributed by atoms with E-state index in [-0.39, 0.29) is 11.9 Å². The summed E-state index contributed by atoms with van der Waals surface area (Å²) in [4.78, 5) is 13.6. The summed E-state index contributed by atoms with van der Waals surface area (Å²) in [5.74, 6) is 2.57. The molecule has 0 radical (unpaired) electrons. The molecule has 1 fully saturated rings. The van der Waals surface area contributed by atoms with E-state index in [1.165, 1.54) is 3.57 Å². The van der Waals surface area contributed by atoms with Gasteiger partial charge in [0.1, 0.15) is 5.75 Å². The molecule has 110 valence electrons. The van der Waals surface area contributed by atoms with E-state index in [9.17, 15) is 4.79 Å². The van der Waals surface area contributed by atoms with Gasteiger partial charge in [0.2, 0.25) is 5.91 Å². The molecule has 1 amide bonds. The van der Waals surface area contributed by atoms with E-state index in [1.54, 1.807) is 11.8 Å². The standard InChI is InChI=1S/C14H19IN2O2S/c15-11-3-1-4-12(9-11)19-7-2-5-17-6-8-20-10-13(17)14(16)18/h1,3-4,9,13H,2,5-8,10H2,(H2,16,18)/t13-/m1/s1. The second-order valence-electron chi connectivity index (χ2n) is 4.69. The van der Waals surface area contributed by atoms with Crippen LogP contribution in [0.15, 0.2) is 24.3 Å². The molecule has 0 saturated carbocycles. The topological polar surface area (TPSA) is 55.6 Å². The van der Waals surface area contributed by atoms with Gasteiger partial charge in [0, 0.05) is 28.2 Å². The lowest BCUT2D eigenvalue weighted by Crippen LogP contribution is -2.50. The highest BCUT2D eigenvalue weighted by atomic mass is 127. The Bertz CT molecular complexity index is 459. The van der Waals surface area contributed by atoms with Crippen LogP contribution in [-0.2, 0) is 4.79 Å². The monoisotopic (exact) mass is 406 g/mol. The van der Waals surface area contributed by atoms with Crippen LogP contribution in [0.2, 0.25) is 0 Å². The number of amides is 1. The normalized spacial score (nSPS) is 19.8. The van der Waals surface area contributed by atoms with Gasteiger partial charge in [-0.3, -0.25) is 9.69 Å². The number of primary amides is 1. The van der Waals surface area contributed by atoms with Gasteiger partial charge in [0.25, 0.3) is 0 Å². The molecule has 0 aromatic heterocycles. The van der Waals surface area contributed by atoms with Crippen molar-refractivity contribution in [2.75, 3.05) is 31.2 Å². The van der Waals surface area contributed by atoms with Crippen molar-refractivity contribution in [3.05, 3.63) is 27.8 Å². The quantitative estimate of drug-likeness (QED) is 0.580. The van der Waals surface area contributed by atoms with E-state index in [4.69, 9.17) is 10.5 Å². The fourth-order valence-corrected chi connectivity index (χ4v) is 3.83. The maximum atomic E-state index is 11.4. The first kappa shape index (κ1) is 15.9. The van der Waals surface area contributed by atoms with Gasteiger partial charge in [-0.25, -0.2) is 0 Å². The maximum Gasteiger partial charge on any atom is 0.235 e. The van der Waals surface area contributed by atoms with E-state index < -0.39 is 0 Å². The number of thioether (sulfide) groups is 1. The number of nitrogens with two attached hydrogens (primary N) is 1. The first-order valence-electron chi connectivity index (χ1n) is 6.66. The molecule has 2 rings (SSSR count). The molecule has 1 atom stereocenters. The minimum Gasteiger partial charge on any atom is -0.494 e. The fraction of sp³-hybridized carbons (Fsp3) is 0.500. The molecule has 1 aromatic rings. The number of halogens is 1. The first-order valence-corrected chi connectivity index (χ1v) is 8.89. The summed E-state index contributed by atoms with van der Waals surface area (Å²) in [5.41, 5.74) is 5.44. The predicted molar refractivity (Wildman–Crippen MR) is 91.2 cm³/mol. The molecule has 0 bridgehead atoms. The van der Waals surface area contributed by atoms with Gasteiger partial charge < -0.3 is 10.5 Å². The van der Waals surface area contributed by atoms with Crippen LogP contribution in [0.5, 0.6) is 5.75 Å². The summed E-state index contributed by atoms with van der Waals surface area (Å²) in [7, 11) is 0. The molecule has 1 aliphatic rings. The minimum atomic E-state index is -0.212. The number of carbonyl (C=O) groups excluding carboxylic acids is 1. The van der Waals surface area contributed by atoms with E-state index >= 15 is 0 Å². The maximum absolute atomic E-state index is 11.4. The summed E-state index contributed by atoms with van der Waals surface area (Å²) in [6.07, 6.45) is 0.903. The summed E-state index contributed by atoms with van der Waals surface area (Å²) in [5, 5.41) is 0. The fourth-order valence-electron chi connectivity index (χ4n) is 2.18. The first-order chi connectivity index (χ1) is 9.66. The van der Waals surface area contributed by atoms with Gasteiger partial charge in [-0.1, -0.05) is 6.07 Å². The molecule has 0 aliphatic carbocycles. The highest BCUT2D eigenvalue weighted by Gasteiger charge is 2.26. The largest absolute Gasteiger partial charge is 0.494 e. The van der Waals surface area contributed by atoms with E-state index in [2.05, 4.69) is 27.5 Å². The van der Waals surface area contributed by atoms with E-state index in [1.807, 2.05) is 24.3 Å². The zero-order chi connectivity index (χ0) is 14.4. The molecule has 0 unspecified atom stereocenters. The smallest absolute Gasteiger partial charge is 0.235 e. The van der Waals surface area contributed by atoms with Crippen molar-refractivity contribution in [3.63, 3.8) is 0 Å². The van der Waals surface area contributed by atoms with Crippen molar-refractivity contribution in [3.8, 4) is 5.75 Å². The summed E-state index contributed by atoms with van der Waals surface area (Å²) in [6.45, 7) is 2.45. The zero-order valence-electron chi connectivity index (χ0n) is 11.3. The number of ether oxygens (including phenoxy) is 1. The Morgan fingerprint density at radius 1 is 1.55 bits per heavy atom. The Morgan fingerprint density at radius 3 is 3.15 bits per heavy atom. The van der Waals surface area contributed by atoms with Crippen LogP contribution in [0.1, 0.15) is 6.42 Å². The number of hydrogen-bond acceptors (Lipinski definition) is 4. The average Bonchev–Trinajstić information content (AvgIpc) is 2.44. The van der Waals surface area contributed by atoms with Crippen LogP contribution in [0, 0.1) is 3.57 Å². The number of hydrogen-bond donors (Lipinski definition) is 1. The second-order valence-corrected chi connectivity index (χ2v) is 7.08. The van der Waals surface area contributed by atoms with Crippen molar-refractivity contribution in [1.29, 1.82) is 0 Å². The van der Waals surface area contributed by atoms with Gasteiger partial charge >= 0.3 is 0 Å². The number of carbonyl (C=O) groups is 1. The Morgan fingerprint density at radius 2 is 2.40 bits per heavy atom. The lowest BCUT2D eigenvalue weighted by Gasteiger charge is -2.33. The second kappa shape index (κ2) is 8.09. The van der Waals surface area contributed by atoms with Gasteiger partial charge in [0.05, 0.1) is 12.6 Å². The third-order valence-electron chi connectivity index (χ3n) is 3.22. The van der Waals surface area contributed by atoms with Crippen LogP contribution in [-0.4, -0.2) is 48.1 Å². The van der Waals surface area contributed by atoms with Crippen LogP contribution < -0.4 is 10.5 Å². The Kier molecular flexibility index (Phi) is 6.44. The van der Waals surface area contributed by atoms with Crippen LogP contribution in [0.4, 0.5) is 0 Å². The van der Waals surface area contributed by atoms with Crippen molar-refractivity contribution in [2.45, 2.75) is 12.5 Å². The zero-order valence-corrected chi connectivity index (χ0v) is 14.2. The third-order valence-corrected chi connectivity index (χ3v) is 4.92. The van der Waals surface area contributed by atoms with Crippen LogP contribution in [0.25, 0.3) is 0 Å². The summed E-state index contributed by atoms with van der Waals surface area (Å²) in [6, 6.07) is 7.89. The molecule has 1 saturated heterocycles. The SMILES string of the molecule is NC(=O)[C@H]1CSCCN1CCCOc1cccc(I)c1. The molecule has 1 heterocycles. The molecule has 6 heteroatoms. The minimum absolute atomic E-state index is 0.119. The average molecular weight is 406 g/mol. The molecular weight excluding hydrogens is 387 g/mol. The highest BCUT2D eigenvalue weighted by molar-refractivity contribution is 14.1. The Hall–Kier alpha value is -0.470. The molecule has 1 aromatic carbocycles. The summed E-state index contributed by atoms with van der Waals surface area (Å²) >= 11 is 4.07. The van der Waals surface area contributed by atoms with E-state index in [0.717, 1.165) is 36.8 Å². The predicted octanol–water partition coefficient (Wildman–Crippen LogP) is 1.96. The van der Waals surface area contributed by atoms with Crippen molar-refractivity contribution in [2.24, 2.45) is 5.73 Å². The molecule has 4 nitrogen and oxygen atoms in total. The Balaban J connectivity index is 1.73. The summed E-state index contributed by atoms with van der Waals surface area (Å²) < 4.78 is 6.89. The molecule has 0 spiro atoms. The molecule has 20 heavy (non-hydrogen) atoms. The van der Waals surface area contributed by atoms with Crippen molar-refractivity contribution < 1.29 is 9.53 Å². The molecule has 1 aliphatic heterocycles. The van der Waals surface area contributed by atoms with Gasteiger partial charge in [-0.2, -0.15) is 11.8 Å². The third kappa shape index (κ3) is 4.82.